The van der Waals surface area contributed by atoms with Crippen molar-refractivity contribution in [3.05, 3.63) is 71.4 Å². The van der Waals surface area contributed by atoms with E-state index in [9.17, 15) is 0 Å². The average molecular weight is 328 g/mol. The number of allylic oxidation sites excluding steroid dienone is 2. The number of nitrogens with one attached hydrogen (secondary N) is 1. The first-order valence-electron chi connectivity index (χ1n) is 7.75. The first-order chi connectivity index (χ1) is 12.3. The highest BCUT2D eigenvalue weighted by Gasteiger charge is 2.06. The molecule has 0 amide bonds. The molecule has 2 aromatic rings. The van der Waals surface area contributed by atoms with Crippen LogP contribution in [0.3, 0.4) is 0 Å². The highest BCUT2D eigenvalue weighted by molar-refractivity contribution is 5.59. The van der Waals surface area contributed by atoms with Gasteiger partial charge in [-0.25, -0.2) is 0 Å². The molecule has 1 N–H and O–H groups in total. The third kappa shape index (κ3) is 5.43. The minimum absolute atomic E-state index is 0.0776. The van der Waals surface area contributed by atoms with E-state index >= 15 is 0 Å². The number of aryl methyl sites for hydroxylation is 1. The maximum Gasteiger partial charge on any atom is 0.163 e. The van der Waals surface area contributed by atoms with E-state index in [4.69, 9.17) is 20.5 Å². The number of hydrogen-bond acceptors (Lipinski definition) is 5. The summed E-state index contributed by atoms with van der Waals surface area (Å²) in [6, 6.07) is 22.5. The van der Waals surface area contributed by atoms with Gasteiger partial charge in [0.15, 0.2) is 5.57 Å². The van der Waals surface area contributed by atoms with Crippen LogP contribution >= 0.6 is 0 Å². The predicted molar refractivity (Wildman–Crippen MR) is 94.2 cm³/mol. The Morgan fingerprint density at radius 1 is 0.920 bits per heavy atom. The molecule has 0 saturated heterocycles. The lowest BCUT2D eigenvalue weighted by atomic mass is 10.1. The monoisotopic (exact) mass is 328 g/mol. The summed E-state index contributed by atoms with van der Waals surface area (Å²) in [6.07, 6.45) is 1.83. The highest BCUT2D eigenvalue weighted by atomic mass is 16.5. The first-order valence-corrected chi connectivity index (χ1v) is 7.75. The Kier molecular flexibility index (Phi) is 6.62. The van der Waals surface area contributed by atoms with Crippen molar-refractivity contribution >= 4 is 5.69 Å². The number of nitrogens with zero attached hydrogens (tertiary/aromatic N) is 3. The number of nitriles is 3. The number of hydrogen-bond donors (Lipinski definition) is 1. The van der Waals surface area contributed by atoms with Crippen LogP contribution in [-0.4, -0.2) is 6.61 Å². The molecule has 0 heterocycles. The molecule has 0 bridgehead atoms. The second kappa shape index (κ2) is 9.40. The second-order valence-electron chi connectivity index (χ2n) is 5.18. The second-order valence-corrected chi connectivity index (χ2v) is 5.18. The summed E-state index contributed by atoms with van der Waals surface area (Å²) >= 11 is 0. The van der Waals surface area contributed by atoms with E-state index in [0.717, 1.165) is 12.8 Å². The number of ether oxygens (including phenoxy) is 1. The fourth-order valence-electron chi connectivity index (χ4n) is 2.20. The van der Waals surface area contributed by atoms with Crippen molar-refractivity contribution in [2.45, 2.75) is 12.8 Å². The van der Waals surface area contributed by atoms with E-state index < -0.39 is 0 Å². The lowest BCUT2D eigenvalue weighted by Crippen LogP contribution is -2.02. The van der Waals surface area contributed by atoms with Crippen molar-refractivity contribution < 1.29 is 4.74 Å². The van der Waals surface area contributed by atoms with Gasteiger partial charge in [-0.2, -0.15) is 15.8 Å². The Morgan fingerprint density at radius 2 is 1.68 bits per heavy atom. The molecule has 0 aromatic heterocycles. The van der Waals surface area contributed by atoms with Crippen molar-refractivity contribution in [2.24, 2.45) is 0 Å². The summed E-state index contributed by atoms with van der Waals surface area (Å²) < 4.78 is 5.73. The van der Waals surface area contributed by atoms with Crippen LogP contribution in [0.25, 0.3) is 0 Å². The lowest BCUT2D eigenvalue weighted by molar-refractivity contribution is 0.311. The maximum atomic E-state index is 9.07. The highest BCUT2D eigenvalue weighted by Crippen LogP contribution is 2.20. The van der Waals surface area contributed by atoms with Gasteiger partial charge in [-0.1, -0.05) is 36.4 Å². The van der Waals surface area contributed by atoms with Gasteiger partial charge in [0.25, 0.3) is 0 Å². The summed E-state index contributed by atoms with van der Waals surface area (Å²) in [6.45, 7) is 0.570. The molecular weight excluding hydrogens is 312 g/mol. The Hall–Kier alpha value is -3.75. The van der Waals surface area contributed by atoms with E-state index in [1.165, 1.54) is 5.56 Å². The minimum atomic E-state index is -0.253. The first kappa shape index (κ1) is 17.6. The van der Waals surface area contributed by atoms with E-state index in [1.54, 1.807) is 30.3 Å². The summed E-state index contributed by atoms with van der Waals surface area (Å²) in [7, 11) is 0. The molecule has 5 nitrogen and oxygen atoms in total. The van der Waals surface area contributed by atoms with Crippen molar-refractivity contribution in [2.75, 3.05) is 11.9 Å². The Bertz CT molecular complexity index is 851. The quantitative estimate of drug-likeness (QED) is 0.614. The molecule has 0 unspecified atom stereocenters. The van der Waals surface area contributed by atoms with Gasteiger partial charge in [0.05, 0.1) is 6.61 Å². The van der Waals surface area contributed by atoms with Gasteiger partial charge < -0.3 is 10.1 Å². The topological polar surface area (TPSA) is 92.6 Å². The molecule has 0 saturated carbocycles. The smallest absolute Gasteiger partial charge is 0.163 e. The Labute approximate surface area is 147 Å². The molecule has 2 aromatic carbocycles. The third-order valence-electron chi connectivity index (χ3n) is 3.41. The van der Waals surface area contributed by atoms with Gasteiger partial charge in [0.1, 0.15) is 29.7 Å². The molecule has 0 spiro atoms. The SMILES string of the molecule is N#CC(C#N)=C(C#N)Nc1cccc(OCCCc2ccccc2)c1. The molecular formula is C20H16N4O. The Morgan fingerprint density at radius 3 is 2.36 bits per heavy atom. The third-order valence-corrected chi connectivity index (χ3v) is 3.41. The van der Waals surface area contributed by atoms with Gasteiger partial charge in [0, 0.05) is 11.8 Å². The molecule has 0 fully saturated rings. The zero-order valence-electron chi connectivity index (χ0n) is 13.6. The predicted octanol–water partition coefficient (Wildman–Crippen LogP) is 3.93. The van der Waals surface area contributed by atoms with Crippen LogP contribution in [0.5, 0.6) is 5.75 Å². The molecule has 0 aliphatic carbocycles. The van der Waals surface area contributed by atoms with Crippen molar-refractivity contribution in [3.63, 3.8) is 0 Å². The summed E-state index contributed by atoms with van der Waals surface area (Å²) in [4.78, 5) is 0. The van der Waals surface area contributed by atoms with Crippen LogP contribution in [0.4, 0.5) is 5.69 Å². The van der Waals surface area contributed by atoms with Gasteiger partial charge in [-0.05, 0) is 30.5 Å². The largest absolute Gasteiger partial charge is 0.494 e. The van der Waals surface area contributed by atoms with Gasteiger partial charge in [-0.3, -0.25) is 0 Å². The molecule has 0 radical (unpaired) electrons. The van der Waals surface area contributed by atoms with Crippen LogP contribution in [-0.2, 0) is 6.42 Å². The van der Waals surface area contributed by atoms with Gasteiger partial charge in [-0.15, -0.1) is 0 Å². The number of anilines is 1. The van der Waals surface area contributed by atoms with Crippen LogP contribution in [0.2, 0.25) is 0 Å². The van der Waals surface area contributed by atoms with Crippen LogP contribution in [0.15, 0.2) is 65.9 Å². The van der Waals surface area contributed by atoms with E-state index in [0.29, 0.717) is 18.0 Å². The molecule has 0 aliphatic rings. The summed E-state index contributed by atoms with van der Waals surface area (Å²) in [5.41, 5.74) is 1.52. The van der Waals surface area contributed by atoms with Crippen LogP contribution < -0.4 is 10.1 Å². The van der Waals surface area contributed by atoms with Crippen LogP contribution in [0, 0.1) is 34.0 Å². The molecule has 5 heteroatoms. The fraction of sp³-hybridized carbons (Fsp3) is 0.150. The average Bonchev–Trinajstić information content (AvgIpc) is 2.66. The number of rotatable bonds is 7. The van der Waals surface area contributed by atoms with Gasteiger partial charge in [0.2, 0.25) is 0 Å². The van der Waals surface area contributed by atoms with Crippen LogP contribution in [0.1, 0.15) is 12.0 Å². The fourth-order valence-corrected chi connectivity index (χ4v) is 2.20. The van der Waals surface area contributed by atoms with E-state index in [-0.39, 0.29) is 11.3 Å². The minimum Gasteiger partial charge on any atom is -0.494 e. The van der Waals surface area contributed by atoms with E-state index in [2.05, 4.69) is 17.4 Å². The van der Waals surface area contributed by atoms with Crippen molar-refractivity contribution in [3.8, 4) is 24.0 Å². The lowest BCUT2D eigenvalue weighted by Gasteiger charge is -2.09. The molecule has 25 heavy (non-hydrogen) atoms. The number of benzene rings is 2. The molecule has 0 atom stereocenters. The Balaban J connectivity index is 1.93. The summed E-state index contributed by atoms with van der Waals surface area (Å²) in [5.74, 6) is 0.658. The van der Waals surface area contributed by atoms with Crippen molar-refractivity contribution in [1.82, 2.24) is 0 Å². The standard InChI is InChI=1S/C20H16N4O/c21-13-17(14-22)20(15-23)24-18-9-4-10-19(12-18)25-11-5-8-16-6-2-1-3-7-16/h1-4,6-7,9-10,12,24H,5,8,11H2. The molecule has 122 valence electrons. The van der Waals surface area contributed by atoms with Gasteiger partial charge >= 0.3 is 0 Å². The molecule has 2 rings (SSSR count). The van der Waals surface area contributed by atoms with E-state index in [1.807, 2.05) is 30.3 Å². The summed E-state index contributed by atoms with van der Waals surface area (Å²) in [5, 5.41) is 29.6. The zero-order chi connectivity index (χ0) is 17.9. The normalized spacial score (nSPS) is 9.16. The van der Waals surface area contributed by atoms with Crippen molar-refractivity contribution in [1.29, 1.82) is 15.8 Å². The maximum absolute atomic E-state index is 9.07. The zero-order valence-corrected chi connectivity index (χ0v) is 13.6. The molecule has 0 aliphatic heterocycles.